The van der Waals surface area contributed by atoms with Crippen LogP contribution in [0.15, 0.2) is 24.8 Å². The second kappa shape index (κ2) is 3.95. The van der Waals surface area contributed by atoms with Crippen LogP contribution in [-0.2, 0) is 0 Å². The van der Waals surface area contributed by atoms with Gasteiger partial charge in [-0.3, -0.25) is 0 Å². The Morgan fingerprint density at radius 3 is 3.00 bits per heavy atom. The SMILES string of the molecule is CCOc1nc(-n2cncn2)ccc1N. The number of nitrogens with zero attached hydrogens (tertiary/aromatic N) is 4. The van der Waals surface area contributed by atoms with Gasteiger partial charge in [0.2, 0.25) is 5.88 Å². The zero-order valence-corrected chi connectivity index (χ0v) is 8.29. The van der Waals surface area contributed by atoms with E-state index in [-0.39, 0.29) is 0 Å². The fourth-order valence-corrected chi connectivity index (χ4v) is 1.15. The Bertz CT molecular complexity index is 440. The van der Waals surface area contributed by atoms with Crippen molar-refractivity contribution in [1.82, 2.24) is 19.7 Å². The first-order chi connectivity index (χ1) is 7.31. The maximum Gasteiger partial charge on any atom is 0.239 e. The zero-order valence-electron chi connectivity index (χ0n) is 8.29. The smallest absolute Gasteiger partial charge is 0.239 e. The second-order valence-electron chi connectivity index (χ2n) is 2.84. The highest BCUT2D eigenvalue weighted by Crippen LogP contribution is 2.19. The van der Waals surface area contributed by atoms with Crippen LogP contribution in [0.3, 0.4) is 0 Å². The Morgan fingerprint density at radius 1 is 1.47 bits per heavy atom. The van der Waals surface area contributed by atoms with Crippen LogP contribution in [-0.4, -0.2) is 26.4 Å². The van der Waals surface area contributed by atoms with Crippen LogP contribution in [0.25, 0.3) is 5.82 Å². The number of anilines is 1. The van der Waals surface area contributed by atoms with Crippen LogP contribution in [0.1, 0.15) is 6.92 Å². The number of rotatable bonds is 3. The number of pyridine rings is 1. The predicted octanol–water partition coefficient (Wildman–Crippen LogP) is 0.643. The number of nitrogens with two attached hydrogens (primary N) is 1. The average molecular weight is 205 g/mol. The predicted molar refractivity (Wildman–Crippen MR) is 54.7 cm³/mol. The van der Waals surface area contributed by atoms with Crippen LogP contribution in [0, 0.1) is 0 Å². The molecule has 2 aromatic rings. The van der Waals surface area contributed by atoms with Crippen molar-refractivity contribution in [2.24, 2.45) is 0 Å². The quantitative estimate of drug-likeness (QED) is 0.795. The summed E-state index contributed by atoms with van der Waals surface area (Å²) in [4.78, 5) is 8.05. The highest BCUT2D eigenvalue weighted by Gasteiger charge is 2.05. The third-order valence-corrected chi connectivity index (χ3v) is 1.81. The summed E-state index contributed by atoms with van der Waals surface area (Å²) in [7, 11) is 0. The van der Waals surface area contributed by atoms with Gasteiger partial charge in [0.25, 0.3) is 0 Å². The summed E-state index contributed by atoms with van der Waals surface area (Å²) in [5.74, 6) is 1.05. The lowest BCUT2D eigenvalue weighted by atomic mass is 10.4. The first-order valence-corrected chi connectivity index (χ1v) is 4.55. The van der Waals surface area contributed by atoms with Crippen LogP contribution < -0.4 is 10.5 Å². The molecule has 6 nitrogen and oxygen atoms in total. The number of nitrogen functional groups attached to an aromatic ring is 1. The van der Waals surface area contributed by atoms with Gasteiger partial charge >= 0.3 is 0 Å². The van der Waals surface area contributed by atoms with Crippen LogP contribution in [0.4, 0.5) is 5.69 Å². The van der Waals surface area contributed by atoms with E-state index >= 15 is 0 Å². The highest BCUT2D eigenvalue weighted by molar-refractivity contribution is 5.50. The first kappa shape index (κ1) is 9.45. The number of aromatic nitrogens is 4. The normalized spacial score (nSPS) is 10.2. The minimum absolute atomic E-state index is 0.422. The van der Waals surface area contributed by atoms with Gasteiger partial charge in [0.15, 0.2) is 5.82 Å². The van der Waals surface area contributed by atoms with Gasteiger partial charge in [-0.25, -0.2) is 9.67 Å². The molecule has 0 saturated heterocycles. The van der Waals surface area contributed by atoms with Gasteiger partial charge < -0.3 is 10.5 Å². The molecule has 0 bridgehead atoms. The van der Waals surface area contributed by atoms with Gasteiger partial charge in [0.1, 0.15) is 12.7 Å². The molecule has 0 aliphatic rings. The van der Waals surface area contributed by atoms with Crippen molar-refractivity contribution in [3.8, 4) is 11.7 Å². The monoisotopic (exact) mass is 205 g/mol. The molecule has 0 atom stereocenters. The van der Waals surface area contributed by atoms with E-state index in [2.05, 4.69) is 15.1 Å². The third-order valence-electron chi connectivity index (χ3n) is 1.81. The minimum atomic E-state index is 0.422. The van der Waals surface area contributed by atoms with Crippen molar-refractivity contribution in [2.45, 2.75) is 6.92 Å². The summed E-state index contributed by atoms with van der Waals surface area (Å²) in [6, 6.07) is 3.49. The Kier molecular flexibility index (Phi) is 2.49. The van der Waals surface area contributed by atoms with Crippen molar-refractivity contribution in [2.75, 3.05) is 12.3 Å². The molecule has 0 aliphatic carbocycles. The maximum absolute atomic E-state index is 5.70. The van der Waals surface area contributed by atoms with Gasteiger partial charge in [-0.2, -0.15) is 10.1 Å². The summed E-state index contributed by atoms with van der Waals surface area (Å²) in [5, 5.41) is 3.96. The van der Waals surface area contributed by atoms with E-state index < -0.39 is 0 Å². The molecule has 2 aromatic heterocycles. The molecule has 0 saturated carbocycles. The van der Waals surface area contributed by atoms with E-state index in [1.165, 1.54) is 6.33 Å². The Balaban J connectivity index is 2.38. The average Bonchev–Trinajstić information content (AvgIpc) is 2.75. The topological polar surface area (TPSA) is 78.8 Å². The fraction of sp³-hybridized carbons (Fsp3) is 0.222. The molecular formula is C9H11N5O. The van der Waals surface area contributed by atoms with Gasteiger partial charge in [-0.1, -0.05) is 0 Å². The molecule has 0 spiro atoms. The number of ether oxygens (including phenoxy) is 1. The molecule has 0 amide bonds. The van der Waals surface area contributed by atoms with E-state index in [0.29, 0.717) is 24.0 Å². The van der Waals surface area contributed by atoms with E-state index in [1.54, 1.807) is 23.1 Å². The van der Waals surface area contributed by atoms with E-state index in [9.17, 15) is 0 Å². The van der Waals surface area contributed by atoms with Crippen LogP contribution in [0.5, 0.6) is 5.88 Å². The van der Waals surface area contributed by atoms with Crippen molar-refractivity contribution < 1.29 is 4.74 Å². The standard InChI is InChI=1S/C9H11N5O/c1-2-15-9-7(10)3-4-8(13-9)14-6-11-5-12-14/h3-6H,2,10H2,1H3. The van der Waals surface area contributed by atoms with Crippen LogP contribution >= 0.6 is 0 Å². The van der Waals surface area contributed by atoms with Gasteiger partial charge in [0, 0.05) is 0 Å². The van der Waals surface area contributed by atoms with Crippen molar-refractivity contribution in [3.63, 3.8) is 0 Å². The lowest BCUT2D eigenvalue weighted by Crippen LogP contribution is -2.04. The molecule has 6 heteroatoms. The summed E-state index contributed by atoms with van der Waals surface area (Å²) in [6.45, 7) is 2.40. The summed E-state index contributed by atoms with van der Waals surface area (Å²) >= 11 is 0. The summed E-state index contributed by atoms with van der Waals surface area (Å²) in [6.07, 6.45) is 3.01. The summed E-state index contributed by atoms with van der Waals surface area (Å²) < 4.78 is 6.82. The Hall–Kier alpha value is -2.11. The third kappa shape index (κ3) is 1.88. The molecule has 0 aromatic carbocycles. The van der Waals surface area contributed by atoms with Crippen molar-refractivity contribution in [1.29, 1.82) is 0 Å². The molecule has 15 heavy (non-hydrogen) atoms. The van der Waals surface area contributed by atoms with E-state index in [0.717, 1.165) is 0 Å². The molecule has 0 unspecified atom stereocenters. The highest BCUT2D eigenvalue weighted by atomic mass is 16.5. The molecular weight excluding hydrogens is 194 g/mol. The molecule has 78 valence electrons. The maximum atomic E-state index is 5.70. The number of hydrogen-bond acceptors (Lipinski definition) is 5. The van der Waals surface area contributed by atoms with E-state index in [1.807, 2.05) is 6.92 Å². The lowest BCUT2D eigenvalue weighted by molar-refractivity contribution is 0.328. The minimum Gasteiger partial charge on any atom is -0.476 e. The fourth-order valence-electron chi connectivity index (χ4n) is 1.15. The van der Waals surface area contributed by atoms with Gasteiger partial charge in [0.05, 0.1) is 12.3 Å². The number of hydrogen-bond donors (Lipinski definition) is 1. The van der Waals surface area contributed by atoms with Gasteiger partial charge in [-0.05, 0) is 19.1 Å². The first-order valence-electron chi connectivity index (χ1n) is 4.55. The van der Waals surface area contributed by atoms with Gasteiger partial charge in [-0.15, -0.1) is 0 Å². The molecule has 2 heterocycles. The molecule has 2 rings (SSSR count). The molecule has 2 N–H and O–H groups in total. The Morgan fingerprint density at radius 2 is 2.33 bits per heavy atom. The lowest BCUT2D eigenvalue weighted by Gasteiger charge is -2.07. The molecule has 0 fully saturated rings. The zero-order chi connectivity index (χ0) is 10.7. The largest absolute Gasteiger partial charge is 0.476 e. The molecule has 0 radical (unpaired) electrons. The van der Waals surface area contributed by atoms with E-state index in [4.69, 9.17) is 10.5 Å². The van der Waals surface area contributed by atoms with Crippen molar-refractivity contribution in [3.05, 3.63) is 24.8 Å². The second-order valence-corrected chi connectivity index (χ2v) is 2.84. The van der Waals surface area contributed by atoms with Crippen LogP contribution in [0.2, 0.25) is 0 Å². The molecule has 0 aliphatic heterocycles. The Labute approximate surface area is 86.7 Å². The van der Waals surface area contributed by atoms with Crippen molar-refractivity contribution >= 4 is 5.69 Å². The summed E-state index contributed by atoms with van der Waals surface area (Å²) in [5.41, 5.74) is 6.21.